The molecule has 0 bridgehead atoms. The van der Waals surface area contributed by atoms with Gasteiger partial charge in [0, 0.05) is 16.8 Å². The predicted molar refractivity (Wildman–Crippen MR) is 56.3 cm³/mol. The third kappa shape index (κ3) is 1.82. The second-order valence-electron chi connectivity index (χ2n) is 3.67. The van der Waals surface area contributed by atoms with Crippen molar-refractivity contribution in [3.05, 3.63) is 0 Å². The Morgan fingerprint density at radius 1 is 1.69 bits per heavy atom. The van der Waals surface area contributed by atoms with Gasteiger partial charge in [-0.15, -0.1) is 11.8 Å². The first-order chi connectivity index (χ1) is 6.11. The number of hydrogen-bond acceptors (Lipinski definition) is 4. The van der Waals surface area contributed by atoms with Gasteiger partial charge in [0.2, 0.25) is 0 Å². The predicted octanol–water partition coefficient (Wildman–Crippen LogP) is 0.998. The van der Waals surface area contributed by atoms with Crippen LogP contribution < -0.4 is 5.32 Å². The molecule has 2 aliphatic heterocycles. The van der Waals surface area contributed by atoms with E-state index in [-0.39, 0.29) is 10.9 Å². The fourth-order valence-corrected chi connectivity index (χ4v) is 4.94. The molecule has 74 valence electrons. The smallest absolute Gasteiger partial charge is 0.321 e. The van der Waals surface area contributed by atoms with Gasteiger partial charge >= 0.3 is 5.97 Å². The van der Waals surface area contributed by atoms with E-state index in [0.717, 1.165) is 12.2 Å². The summed E-state index contributed by atoms with van der Waals surface area (Å²) in [6.45, 7) is 2.20. The summed E-state index contributed by atoms with van der Waals surface area (Å²) < 4.78 is 0. The van der Waals surface area contributed by atoms with Crippen LogP contribution in [-0.2, 0) is 4.79 Å². The summed E-state index contributed by atoms with van der Waals surface area (Å²) in [5.41, 5.74) is 0. The van der Waals surface area contributed by atoms with Crippen LogP contribution in [-0.4, -0.2) is 38.7 Å². The van der Waals surface area contributed by atoms with E-state index < -0.39 is 5.97 Å². The van der Waals surface area contributed by atoms with Crippen molar-refractivity contribution in [2.24, 2.45) is 0 Å². The van der Waals surface area contributed by atoms with E-state index in [1.54, 1.807) is 11.8 Å². The Labute approximate surface area is 86.0 Å². The molecule has 1 spiro atoms. The minimum absolute atomic E-state index is 0.0626. The van der Waals surface area contributed by atoms with Gasteiger partial charge in [-0.1, -0.05) is 6.92 Å². The highest BCUT2D eigenvalue weighted by Gasteiger charge is 2.46. The Balaban J connectivity index is 2.01. The number of carboxylic acids is 1. The standard InChI is InChI=1S/C8H13NO2S2/c1-5-2-8(4-12-5)9-6(3-13-8)7(10)11/h5-6,9H,2-4H2,1H3,(H,10,11)/t5?,6-,8?/m0/s1. The zero-order chi connectivity index (χ0) is 9.47. The highest BCUT2D eigenvalue weighted by Crippen LogP contribution is 2.45. The van der Waals surface area contributed by atoms with Crippen molar-refractivity contribution in [3.8, 4) is 0 Å². The average Bonchev–Trinajstić information content (AvgIpc) is 2.61. The first kappa shape index (κ1) is 9.68. The Kier molecular flexibility index (Phi) is 2.51. The Morgan fingerprint density at radius 2 is 2.46 bits per heavy atom. The highest BCUT2D eigenvalue weighted by atomic mass is 32.2. The summed E-state index contributed by atoms with van der Waals surface area (Å²) in [7, 11) is 0. The summed E-state index contributed by atoms with van der Waals surface area (Å²) in [6.07, 6.45) is 1.09. The molecule has 5 heteroatoms. The number of hydrogen-bond donors (Lipinski definition) is 2. The molecule has 0 amide bonds. The van der Waals surface area contributed by atoms with Crippen LogP contribution in [0.1, 0.15) is 13.3 Å². The lowest BCUT2D eigenvalue weighted by atomic mass is 10.1. The van der Waals surface area contributed by atoms with E-state index in [0.29, 0.717) is 11.0 Å². The molecule has 13 heavy (non-hydrogen) atoms. The van der Waals surface area contributed by atoms with E-state index in [2.05, 4.69) is 12.2 Å². The quantitative estimate of drug-likeness (QED) is 0.689. The topological polar surface area (TPSA) is 49.3 Å². The van der Waals surface area contributed by atoms with Crippen LogP contribution in [0.4, 0.5) is 0 Å². The minimum Gasteiger partial charge on any atom is -0.480 e. The van der Waals surface area contributed by atoms with Crippen LogP contribution in [0.15, 0.2) is 0 Å². The molecule has 0 radical (unpaired) electrons. The van der Waals surface area contributed by atoms with Gasteiger partial charge in [0.15, 0.2) is 0 Å². The van der Waals surface area contributed by atoms with Crippen molar-refractivity contribution in [1.82, 2.24) is 5.32 Å². The van der Waals surface area contributed by atoms with Crippen molar-refractivity contribution in [3.63, 3.8) is 0 Å². The molecule has 2 aliphatic rings. The molecule has 2 heterocycles. The Hall–Kier alpha value is 0.130. The SMILES string of the molecule is CC1CC2(CS1)N[C@H](C(=O)O)CS2. The molecular formula is C8H13NO2S2. The molecule has 3 nitrogen and oxygen atoms in total. The van der Waals surface area contributed by atoms with Crippen molar-refractivity contribution in [2.75, 3.05) is 11.5 Å². The minimum atomic E-state index is -0.714. The lowest BCUT2D eigenvalue weighted by Crippen LogP contribution is -2.45. The zero-order valence-electron chi connectivity index (χ0n) is 7.45. The van der Waals surface area contributed by atoms with Crippen molar-refractivity contribution in [1.29, 1.82) is 0 Å². The Morgan fingerprint density at radius 3 is 2.92 bits per heavy atom. The van der Waals surface area contributed by atoms with Gasteiger partial charge in [0.25, 0.3) is 0 Å². The monoisotopic (exact) mass is 219 g/mol. The number of rotatable bonds is 1. The number of aliphatic carboxylic acids is 1. The fourth-order valence-electron chi connectivity index (χ4n) is 1.84. The largest absolute Gasteiger partial charge is 0.480 e. The zero-order valence-corrected chi connectivity index (χ0v) is 9.08. The van der Waals surface area contributed by atoms with E-state index in [1.807, 2.05) is 11.8 Å². The molecule has 2 saturated heterocycles. The lowest BCUT2D eigenvalue weighted by molar-refractivity contribution is -0.138. The van der Waals surface area contributed by atoms with Crippen LogP contribution in [0.25, 0.3) is 0 Å². The van der Waals surface area contributed by atoms with Gasteiger partial charge in [-0.3, -0.25) is 10.1 Å². The van der Waals surface area contributed by atoms with E-state index in [4.69, 9.17) is 5.11 Å². The van der Waals surface area contributed by atoms with Crippen LogP contribution in [0.5, 0.6) is 0 Å². The maximum absolute atomic E-state index is 10.7. The fraction of sp³-hybridized carbons (Fsp3) is 0.875. The van der Waals surface area contributed by atoms with Gasteiger partial charge < -0.3 is 5.11 Å². The molecule has 2 unspecified atom stereocenters. The Bertz CT molecular complexity index is 236. The molecule has 3 atom stereocenters. The number of thioether (sulfide) groups is 2. The highest BCUT2D eigenvalue weighted by molar-refractivity contribution is 8.05. The third-order valence-electron chi connectivity index (χ3n) is 2.48. The maximum atomic E-state index is 10.7. The number of carbonyl (C=O) groups is 1. The summed E-state index contributed by atoms with van der Waals surface area (Å²) in [4.78, 5) is 10.8. The lowest BCUT2D eigenvalue weighted by Gasteiger charge is -2.22. The summed E-state index contributed by atoms with van der Waals surface area (Å²) in [5.74, 6) is 1.04. The third-order valence-corrected chi connectivity index (χ3v) is 5.54. The molecule has 2 fully saturated rings. The van der Waals surface area contributed by atoms with E-state index in [9.17, 15) is 4.79 Å². The number of nitrogens with one attached hydrogen (secondary N) is 1. The molecule has 2 rings (SSSR count). The van der Waals surface area contributed by atoms with Gasteiger partial charge in [-0.05, 0) is 6.42 Å². The molecule has 0 aromatic carbocycles. The van der Waals surface area contributed by atoms with Gasteiger partial charge in [-0.25, -0.2) is 0 Å². The van der Waals surface area contributed by atoms with Crippen molar-refractivity contribution in [2.45, 2.75) is 29.5 Å². The van der Waals surface area contributed by atoms with Gasteiger partial charge in [0.05, 0.1) is 4.87 Å². The van der Waals surface area contributed by atoms with Crippen molar-refractivity contribution >= 4 is 29.5 Å². The molecule has 0 aromatic rings. The average molecular weight is 219 g/mol. The second-order valence-corrected chi connectivity index (χ2v) is 6.50. The molecule has 0 saturated carbocycles. The van der Waals surface area contributed by atoms with Crippen LogP contribution in [0.3, 0.4) is 0 Å². The molecule has 0 aromatic heterocycles. The first-order valence-corrected chi connectivity index (χ1v) is 6.41. The summed E-state index contributed by atoms with van der Waals surface area (Å²) >= 11 is 3.71. The summed E-state index contributed by atoms with van der Waals surface area (Å²) in [6, 6.07) is -0.337. The number of carboxylic acid groups (broad SMARTS) is 1. The van der Waals surface area contributed by atoms with Crippen molar-refractivity contribution < 1.29 is 9.90 Å². The molecular weight excluding hydrogens is 206 g/mol. The van der Waals surface area contributed by atoms with Crippen LogP contribution >= 0.6 is 23.5 Å². The van der Waals surface area contributed by atoms with E-state index >= 15 is 0 Å². The molecule has 0 aliphatic carbocycles. The normalized spacial score (nSPS) is 44.4. The van der Waals surface area contributed by atoms with Crippen LogP contribution in [0, 0.1) is 0 Å². The summed E-state index contributed by atoms with van der Waals surface area (Å²) in [5, 5.41) is 12.7. The molecule has 2 N–H and O–H groups in total. The second kappa shape index (κ2) is 3.37. The first-order valence-electron chi connectivity index (χ1n) is 4.37. The van der Waals surface area contributed by atoms with E-state index in [1.165, 1.54) is 0 Å². The van der Waals surface area contributed by atoms with Crippen LogP contribution in [0.2, 0.25) is 0 Å². The van der Waals surface area contributed by atoms with Gasteiger partial charge in [0.1, 0.15) is 6.04 Å². The maximum Gasteiger partial charge on any atom is 0.321 e. The van der Waals surface area contributed by atoms with Gasteiger partial charge in [-0.2, -0.15) is 11.8 Å².